The molecule has 3 aromatic carbocycles. The van der Waals surface area contributed by atoms with E-state index in [1.54, 1.807) is 4.90 Å². The van der Waals surface area contributed by atoms with Gasteiger partial charge in [0.25, 0.3) is 5.91 Å². The second-order valence-corrected chi connectivity index (χ2v) is 9.02. The van der Waals surface area contributed by atoms with Crippen LogP contribution in [-0.4, -0.2) is 17.4 Å². The Balaban J connectivity index is 1.84. The van der Waals surface area contributed by atoms with E-state index in [1.165, 1.54) is 0 Å². The SMILES string of the molecule is C/C(=C\c1ccccc1)[C@@]1(C(=O)Nc2c(C)cccc2C)CC(=O)N1c1ccc(C)cc1C. The number of hydrogen-bond acceptors (Lipinski definition) is 2. The van der Waals surface area contributed by atoms with Gasteiger partial charge in [-0.1, -0.05) is 72.3 Å². The number of β-lactam (4-membered cyclic amide) rings is 1. The Labute approximate surface area is 195 Å². The summed E-state index contributed by atoms with van der Waals surface area (Å²) in [5.41, 5.74) is 6.38. The van der Waals surface area contributed by atoms with Crippen molar-refractivity contribution in [3.8, 4) is 0 Å². The Morgan fingerprint density at radius 3 is 2.18 bits per heavy atom. The van der Waals surface area contributed by atoms with Gasteiger partial charge in [-0.05, 0) is 68.5 Å². The van der Waals surface area contributed by atoms with E-state index in [2.05, 4.69) is 5.32 Å². The maximum atomic E-state index is 14.0. The molecule has 0 bridgehead atoms. The Morgan fingerprint density at radius 2 is 1.58 bits per heavy atom. The lowest BCUT2D eigenvalue weighted by Crippen LogP contribution is -2.70. The lowest BCUT2D eigenvalue weighted by molar-refractivity contribution is -0.135. The summed E-state index contributed by atoms with van der Waals surface area (Å²) in [6, 6.07) is 21.8. The van der Waals surface area contributed by atoms with E-state index in [4.69, 9.17) is 0 Å². The maximum absolute atomic E-state index is 14.0. The van der Waals surface area contributed by atoms with Crippen LogP contribution in [0.4, 0.5) is 11.4 Å². The van der Waals surface area contributed by atoms with Crippen LogP contribution in [-0.2, 0) is 9.59 Å². The molecule has 2 amide bonds. The van der Waals surface area contributed by atoms with Gasteiger partial charge in [0.15, 0.2) is 5.54 Å². The molecular weight excluding hydrogens is 408 g/mol. The number of hydrogen-bond donors (Lipinski definition) is 1. The molecule has 4 rings (SSSR count). The molecule has 4 heteroatoms. The van der Waals surface area contributed by atoms with Gasteiger partial charge < -0.3 is 5.32 Å². The molecule has 0 aromatic heterocycles. The highest BCUT2D eigenvalue weighted by molar-refractivity contribution is 6.19. The van der Waals surface area contributed by atoms with Gasteiger partial charge in [-0.25, -0.2) is 0 Å². The van der Waals surface area contributed by atoms with Crippen molar-refractivity contribution in [1.29, 1.82) is 0 Å². The summed E-state index contributed by atoms with van der Waals surface area (Å²) < 4.78 is 0. The third kappa shape index (κ3) is 3.97. The van der Waals surface area contributed by atoms with Crippen molar-refractivity contribution in [3.63, 3.8) is 0 Å². The van der Waals surface area contributed by atoms with Crippen molar-refractivity contribution in [2.24, 2.45) is 0 Å². The molecule has 1 saturated heterocycles. The topological polar surface area (TPSA) is 49.4 Å². The first-order valence-electron chi connectivity index (χ1n) is 11.3. The van der Waals surface area contributed by atoms with Crippen molar-refractivity contribution in [3.05, 3.63) is 100 Å². The number of carbonyl (C=O) groups is 2. The van der Waals surface area contributed by atoms with Crippen LogP contribution in [0.1, 0.15) is 41.2 Å². The average molecular weight is 439 g/mol. The Hall–Kier alpha value is -3.66. The average Bonchev–Trinajstić information content (AvgIpc) is 2.76. The number of para-hydroxylation sites is 1. The molecule has 0 aliphatic carbocycles. The van der Waals surface area contributed by atoms with Gasteiger partial charge in [0, 0.05) is 11.4 Å². The molecule has 1 N–H and O–H groups in total. The summed E-state index contributed by atoms with van der Waals surface area (Å²) in [5, 5.41) is 3.17. The number of carbonyl (C=O) groups excluding carboxylic acids is 2. The minimum Gasteiger partial charge on any atom is -0.323 e. The fraction of sp³-hybridized carbons (Fsp3) is 0.241. The molecule has 168 valence electrons. The maximum Gasteiger partial charge on any atom is 0.255 e. The van der Waals surface area contributed by atoms with E-state index in [-0.39, 0.29) is 18.2 Å². The van der Waals surface area contributed by atoms with E-state index in [1.807, 2.05) is 107 Å². The predicted molar refractivity (Wildman–Crippen MR) is 135 cm³/mol. The first-order chi connectivity index (χ1) is 15.7. The molecule has 4 nitrogen and oxygen atoms in total. The van der Waals surface area contributed by atoms with E-state index in [0.717, 1.165) is 44.8 Å². The highest BCUT2D eigenvalue weighted by Crippen LogP contribution is 2.45. The van der Waals surface area contributed by atoms with Gasteiger partial charge in [-0.3, -0.25) is 14.5 Å². The molecular formula is C29H30N2O2. The number of nitrogens with zero attached hydrogens (tertiary/aromatic N) is 1. The number of rotatable bonds is 5. The number of aryl methyl sites for hydroxylation is 4. The monoisotopic (exact) mass is 438 g/mol. The first-order valence-corrected chi connectivity index (χ1v) is 11.3. The molecule has 1 aliphatic heterocycles. The number of benzene rings is 3. The summed E-state index contributed by atoms with van der Waals surface area (Å²) in [7, 11) is 0. The lowest BCUT2D eigenvalue weighted by Gasteiger charge is -2.51. The van der Waals surface area contributed by atoms with Crippen molar-refractivity contribution < 1.29 is 9.59 Å². The van der Waals surface area contributed by atoms with Crippen LogP contribution < -0.4 is 10.2 Å². The van der Waals surface area contributed by atoms with Crippen LogP contribution in [0, 0.1) is 27.7 Å². The minimum absolute atomic E-state index is 0.0561. The highest BCUT2D eigenvalue weighted by atomic mass is 16.2. The molecule has 33 heavy (non-hydrogen) atoms. The summed E-state index contributed by atoms with van der Waals surface area (Å²) in [4.78, 5) is 28.7. The smallest absolute Gasteiger partial charge is 0.255 e. The Morgan fingerprint density at radius 1 is 0.909 bits per heavy atom. The van der Waals surface area contributed by atoms with Gasteiger partial charge in [-0.15, -0.1) is 0 Å². The zero-order chi connectivity index (χ0) is 23.8. The molecule has 1 fully saturated rings. The van der Waals surface area contributed by atoms with Gasteiger partial charge in [0.2, 0.25) is 5.91 Å². The quantitative estimate of drug-likeness (QED) is 0.487. The van der Waals surface area contributed by atoms with Gasteiger partial charge in [0.1, 0.15) is 0 Å². The molecule has 0 spiro atoms. The first kappa shape index (κ1) is 22.5. The standard InChI is InChI=1S/C29H30N2O2/c1-19-14-15-25(22(4)16-19)31-26(32)18-29(31,23(5)17-24-12-7-6-8-13-24)28(33)30-27-20(2)10-9-11-21(27)3/h6-17H,18H2,1-5H3,(H,30,33)/b23-17+/t29-/m1/s1. The molecule has 3 aromatic rings. The fourth-order valence-electron chi connectivity index (χ4n) is 4.72. The van der Waals surface area contributed by atoms with E-state index in [0.29, 0.717) is 0 Å². The van der Waals surface area contributed by atoms with Crippen molar-refractivity contribution in [2.45, 2.75) is 46.6 Å². The van der Waals surface area contributed by atoms with Gasteiger partial charge in [0.05, 0.1) is 6.42 Å². The molecule has 0 radical (unpaired) electrons. The molecule has 1 atom stereocenters. The molecule has 1 aliphatic rings. The second-order valence-electron chi connectivity index (χ2n) is 9.02. The number of nitrogens with one attached hydrogen (secondary N) is 1. The van der Waals surface area contributed by atoms with Crippen LogP contribution in [0.3, 0.4) is 0 Å². The summed E-state index contributed by atoms with van der Waals surface area (Å²) in [6.45, 7) is 9.92. The third-order valence-corrected chi connectivity index (χ3v) is 6.56. The van der Waals surface area contributed by atoms with Crippen LogP contribution in [0.2, 0.25) is 0 Å². The number of anilines is 2. The lowest BCUT2D eigenvalue weighted by atomic mass is 9.75. The van der Waals surface area contributed by atoms with E-state index < -0.39 is 5.54 Å². The van der Waals surface area contributed by atoms with Crippen LogP contribution in [0.5, 0.6) is 0 Å². The van der Waals surface area contributed by atoms with Gasteiger partial charge in [-0.2, -0.15) is 0 Å². The predicted octanol–water partition coefficient (Wildman–Crippen LogP) is 6.14. The zero-order valence-electron chi connectivity index (χ0n) is 19.9. The largest absolute Gasteiger partial charge is 0.323 e. The Bertz CT molecular complexity index is 1240. The van der Waals surface area contributed by atoms with Crippen molar-refractivity contribution in [2.75, 3.05) is 10.2 Å². The highest BCUT2D eigenvalue weighted by Gasteiger charge is 2.58. The molecule has 0 unspecified atom stereocenters. The van der Waals surface area contributed by atoms with Crippen LogP contribution in [0.15, 0.2) is 72.3 Å². The summed E-state index contributed by atoms with van der Waals surface area (Å²) >= 11 is 0. The van der Waals surface area contributed by atoms with E-state index in [9.17, 15) is 9.59 Å². The molecule has 0 saturated carbocycles. The van der Waals surface area contributed by atoms with Crippen LogP contribution in [0.25, 0.3) is 6.08 Å². The second kappa shape index (κ2) is 8.70. The zero-order valence-corrected chi connectivity index (χ0v) is 19.9. The van der Waals surface area contributed by atoms with Crippen molar-refractivity contribution >= 4 is 29.3 Å². The summed E-state index contributed by atoms with van der Waals surface area (Å²) in [5.74, 6) is -0.247. The fourth-order valence-corrected chi connectivity index (χ4v) is 4.72. The number of amides is 2. The molecule has 1 heterocycles. The van der Waals surface area contributed by atoms with Gasteiger partial charge >= 0.3 is 0 Å². The summed E-state index contributed by atoms with van der Waals surface area (Å²) in [6.07, 6.45) is 2.14. The Kier molecular flexibility index (Phi) is 5.94. The normalized spacial score (nSPS) is 18.2. The van der Waals surface area contributed by atoms with E-state index >= 15 is 0 Å². The van der Waals surface area contributed by atoms with Crippen molar-refractivity contribution in [1.82, 2.24) is 0 Å². The van der Waals surface area contributed by atoms with Crippen LogP contribution >= 0.6 is 0 Å². The third-order valence-electron chi connectivity index (χ3n) is 6.56. The minimum atomic E-state index is -1.10.